The summed E-state index contributed by atoms with van der Waals surface area (Å²) in [6, 6.07) is 2.20. The molecule has 14 heavy (non-hydrogen) atoms. The van der Waals surface area contributed by atoms with Crippen molar-refractivity contribution in [1.29, 1.82) is 0 Å². The highest BCUT2D eigenvalue weighted by molar-refractivity contribution is 6.31. The third kappa shape index (κ3) is 2.23. The van der Waals surface area contributed by atoms with Gasteiger partial charge in [-0.15, -0.1) is 0 Å². The topological polar surface area (TPSA) is 46.2 Å². The highest BCUT2D eigenvalue weighted by atomic mass is 35.5. The van der Waals surface area contributed by atoms with Gasteiger partial charge in [0.25, 0.3) is 0 Å². The second-order valence-corrected chi connectivity index (χ2v) is 3.83. The van der Waals surface area contributed by atoms with Crippen molar-refractivity contribution >= 4 is 11.6 Å². The summed E-state index contributed by atoms with van der Waals surface area (Å²) in [6.07, 6.45) is -0.994. The van der Waals surface area contributed by atoms with Gasteiger partial charge in [-0.05, 0) is 31.5 Å². The van der Waals surface area contributed by atoms with Gasteiger partial charge in [0.1, 0.15) is 5.82 Å². The maximum atomic E-state index is 13.3. The number of aryl methyl sites for hydroxylation is 1. The zero-order valence-corrected chi connectivity index (χ0v) is 8.85. The molecule has 2 atom stereocenters. The van der Waals surface area contributed by atoms with Crippen LogP contribution in [0, 0.1) is 12.7 Å². The van der Waals surface area contributed by atoms with Crippen LogP contribution in [0.4, 0.5) is 4.39 Å². The number of benzene rings is 1. The molecule has 1 aromatic carbocycles. The molecule has 4 heteroatoms. The molecule has 0 unspecified atom stereocenters. The van der Waals surface area contributed by atoms with E-state index in [0.717, 1.165) is 5.56 Å². The molecule has 3 N–H and O–H groups in total. The Morgan fingerprint density at radius 2 is 2.07 bits per heavy atom. The molecule has 78 valence electrons. The number of halogens is 2. The first kappa shape index (κ1) is 11.4. The summed E-state index contributed by atoms with van der Waals surface area (Å²) in [4.78, 5) is 0. The Morgan fingerprint density at radius 1 is 1.50 bits per heavy atom. The maximum Gasteiger partial charge on any atom is 0.130 e. The van der Waals surface area contributed by atoms with Crippen molar-refractivity contribution in [2.24, 2.45) is 5.73 Å². The van der Waals surface area contributed by atoms with Gasteiger partial charge in [0, 0.05) is 16.6 Å². The second-order valence-electron chi connectivity index (χ2n) is 3.43. The minimum atomic E-state index is -0.994. The van der Waals surface area contributed by atoms with Gasteiger partial charge in [-0.2, -0.15) is 0 Å². The van der Waals surface area contributed by atoms with E-state index in [1.54, 1.807) is 13.8 Å². The van der Waals surface area contributed by atoms with E-state index in [2.05, 4.69) is 0 Å². The standard InChI is InChI=1S/C10H13ClFNO/c1-5-3-7(10(14)6(2)13)9(12)4-8(5)11/h3-4,6,10,14H,13H2,1-2H3/t6-,10-/m0/s1. The Balaban J connectivity index is 3.15. The highest BCUT2D eigenvalue weighted by Crippen LogP contribution is 2.25. The molecule has 0 aliphatic carbocycles. The van der Waals surface area contributed by atoms with Crippen molar-refractivity contribution in [3.05, 3.63) is 34.1 Å². The number of aliphatic hydroxyl groups is 1. The quantitative estimate of drug-likeness (QED) is 0.798. The number of hydrogen-bond acceptors (Lipinski definition) is 2. The number of nitrogens with two attached hydrogens (primary N) is 1. The summed E-state index contributed by atoms with van der Waals surface area (Å²) in [6.45, 7) is 3.37. The monoisotopic (exact) mass is 217 g/mol. The van der Waals surface area contributed by atoms with Crippen molar-refractivity contribution in [3.63, 3.8) is 0 Å². The summed E-state index contributed by atoms with van der Waals surface area (Å²) >= 11 is 5.72. The molecule has 0 saturated heterocycles. The average Bonchev–Trinajstić information content (AvgIpc) is 2.10. The first-order valence-corrected chi connectivity index (χ1v) is 4.70. The van der Waals surface area contributed by atoms with Gasteiger partial charge in [0.15, 0.2) is 0 Å². The number of aliphatic hydroxyl groups excluding tert-OH is 1. The fourth-order valence-electron chi connectivity index (χ4n) is 1.19. The minimum Gasteiger partial charge on any atom is -0.387 e. The molecule has 0 bridgehead atoms. The van der Waals surface area contributed by atoms with E-state index in [9.17, 15) is 9.50 Å². The molecule has 0 heterocycles. The first-order chi connectivity index (χ1) is 6.43. The molecule has 1 rings (SSSR count). The molecule has 0 aliphatic heterocycles. The summed E-state index contributed by atoms with van der Waals surface area (Å²) in [7, 11) is 0. The van der Waals surface area contributed by atoms with E-state index < -0.39 is 18.0 Å². The number of rotatable bonds is 2. The molecule has 0 spiro atoms. The highest BCUT2D eigenvalue weighted by Gasteiger charge is 2.17. The van der Waals surface area contributed by atoms with E-state index in [0.29, 0.717) is 5.02 Å². The Morgan fingerprint density at radius 3 is 2.57 bits per heavy atom. The summed E-state index contributed by atoms with van der Waals surface area (Å²) in [5.74, 6) is -0.523. The van der Waals surface area contributed by atoms with Crippen LogP contribution in [-0.2, 0) is 0 Å². The molecule has 1 aromatic rings. The first-order valence-electron chi connectivity index (χ1n) is 4.32. The van der Waals surface area contributed by atoms with Crippen molar-refractivity contribution < 1.29 is 9.50 Å². The van der Waals surface area contributed by atoms with E-state index in [1.807, 2.05) is 0 Å². The zero-order chi connectivity index (χ0) is 10.9. The van der Waals surface area contributed by atoms with Crippen LogP contribution in [0.2, 0.25) is 5.02 Å². The third-order valence-electron chi connectivity index (χ3n) is 2.09. The van der Waals surface area contributed by atoms with Crippen LogP contribution in [-0.4, -0.2) is 11.1 Å². The lowest BCUT2D eigenvalue weighted by Gasteiger charge is -2.16. The predicted molar refractivity (Wildman–Crippen MR) is 54.8 cm³/mol. The minimum absolute atomic E-state index is 0.196. The normalized spacial score (nSPS) is 15.3. The number of hydrogen-bond donors (Lipinski definition) is 2. The molecule has 0 aliphatic rings. The summed E-state index contributed by atoms with van der Waals surface area (Å²) < 4.78 is 13.3. The SMILES string of the molecule is Cc1cc([C@@H](O)[C@H](C)N)c(F)cc1Cl. The Bertz CT molecular complexity index is 341. The van der Waals surface area contributed by atoms with Gasteiger partial charge >= 0.3 is 0 Å². The van der Waals surface area contributed by atoms with Crippen LogP contribution >= 0.6 is 11.6 Å². The van der Waals surface area contributed by atoms with Crippen LogP contribution in [0.15, 0.2) is 12.1 Å². The molecule has 2 nitrogen and oxygen atoms in total. The molecule has 0 aromatic heterocycles. The Labute approximate surface area is 87.5 Å². The van der Waals surface area contributed by atoms with E-state index in [-0.39, 0.29) is 5.56 Å². The lowest BCUT2D eigenvalue weighted by molar-refractivity contribution is 0.149. The second kappa shape index (κ2) is 4.26. The molecular formula is C10H13ClFNO. The fourth-order valence-corrected chi connectivity index (χ4v) is 1.34. The maximum absolute atomic E-state index is 13.3. The van der Waals surface area contributed by atoms with Crippen LogP contribution in [0.5, 0.6) is 0 Å². The van der Waals surface area contributed by atoms with Gasteiger partial charge < -0.3 is 10.8 Å². The van der Waals surface area contributed by atoms with Crippen LogP contribution in [0.25, 0.3) is 0 Å². The van der Waals surface area contributed by atoms with Crippen LogP contribution in [0.1, 0.15) is 24.2 Å². The largest absolute Gasteiger partial charge is 0.387 e. The van der Waals surface area contributed by atoms with Crippen molar-refractivity contribution in [2.45, 2.75) is 26.0 Å². The molecule has 0 amide bonds. The molecular weight excluding hydrogens is 205 g/mol. The Hall–Kier alpha value is -0.640. The van der Waals surface area contributed by atoms with Gasteiger partial charge in [-0.1, -0.05) is 11.6 Å². The van der Waals surface area contributed by atoms with Crippen molar-refractivity contribution in [3.8, 4) is 0 Å². The van der Waals surface area contributed by atoms with Crippen molar-refractivity contribution in [1.82, 2.24) is 0 Å². The van der Waals surface area contributed by atoms with Gasteiger partial charge in [0.2, 0.25) is 0 Å². The van der Waals surface area contributed by atoms with Crippen LogP contribution in [0.3, 0.4) is 0 Å². The molecule has 0 saturated carbocycles. The summed E-state index contributed by atoms with van der Waals surface area (Å²) in [5, 5.41) is 9.94. The van der Waals surface area contributed by atoms with Gasteiger partial charge in [-0.25, -0.2) is 4.39 Å². The van der Waals surface area contributed by atoms with Crippen LogP contribution < -0.4 is 5.73 Å². The lowest BCUT2D eigenvalue weighted by atomic mass is 10.0. The van der Waals surface area contributed by atoms with Gasteiger partial charge in [-0.3, -0.25) is 0 Å². The predicted octanol–water partition coefficient (Wildman–Crippen LogP) is 2.17. The van der Waals surface area contributed by atoms with E-state index in [4.69, 9.17) is 17.3 Å². The van der Waals surface area contributed by atoms with Crippen molar-refractivity contribution in [2.75, 3.05) is 0 Å². The van der Waals surface area contributed by atoms with Gasteiger partial charge in [0.05, 0.1) is 6.10 Å². The lowest BCUT2D eigenvalue weighted by Crippen LogP contribution is -2.25. The smallest absolute Gasteiger partial charge is 0.130 e. The molecule has 0 radical (unpaired) electrons. The zero-order valence-electron chi connectivity index (χ0n) is 8.09. The molecule has 0 fully saturated rings. The van der Waals surface area contributed by atoms with E-state index >= 15 is 0 Å². The third-order valence-corrected chi connectivity index (χ3v) is 2.50. The fraction of sp³-hybridized carbons (Fsp3) is 0.400. The summed E-state index contributed by atoms with van der Waals surface area (Å²) in [5.41, 5.74) is 6.40. The average molecular weight is 218 g/mol. The Kier molecular flexibility index (Phi) is 3.48. The van der Waals surface area contributed by atoms with E-state index in [1.165, 1.54) is 12.1 Å².